The second kappa shape index (κ2) is 5.32. The molecule has 2 N–H and O–H groups in total. The number of hydrogen-bond acceptors (Lipinski definition) is 5. The van der Waals surface area contributed by atoms with Gasteiger partial charge in [-0.05, 0) is 25.8 Å². The lowest BCUT2D eigenvalue weighted by molar-refractivity contribution is -0.141. The third-order valence-electron chi connectivity index (χ3n) is 4.15. The van der Waals surface area contributed by atoms with Crippen LogP contribution in [0, 0.1) is 0 Å². The highest BCUT2D eigenvalue weighted by atomic mass is 19.4. The summed E-state index contributed by atoms with van der Waals surface area (Å²) in [5.41, 5.74) is 4.47. The number of rotatable bonds is 1. The summed E-state index contributed by atoms with van der Waals surface area (Å²) >= 11 is 0. The molecule has 8 heteroatoms. The van der Waals surface area contributed by atoms with E-state index in [1.54, 1.807) is 0 Å². The molecule has 2 aliphatic heterocycles. The fraction of sp³-hybridized carbons (Fsp3) is 0.692. The molecule has 2 fully saturated rings. The van der Waals surface area contributed by atoms with Crippen LogP contribution >= 0.6 is 0 Å². The standard InChI is InChI=1S/C13H18F3N5/c14-13(15,16)10-7-11(19-12(17)18-10)21-6-2-5-20-4-1-3-9(20)8-21/h7,9H,1-6,8H2,(H2,17,18,19). The van der Waals surface area contributed by atoms with Crippen molar-refractivity contribution in [1.29, 1.82) is 0 Å². The minimum atomic E-state index is -4.50. The summed E-state index contributed by atoms with van der Waals surface area (Å²) in [6.07, 6.45) is -1.35. The Morgan fingerprint density at radius 2 is 1.90 bits per heavy atom. The first-order chi connectivity index (χ1) is 9.93. The van der Waals surface area contributed by atoms with Gasteiger partial charge in [-0.2, -0.15) is 18.2 Å². The van der Waals surface area contributed by atoms with Gasteiger partial charge >= 0.3 is 6.18 Å². The number of alkyl halides is 3. The van der Waals surface area contributed by atoms with Crippen LogP contribution in [-0.4, -0.2) is 47.1 Å². The van der Waals surface area contributed by atoms with E-state index in [9.17, 15) is 13.2 Å². The predicted octanol–water partition coefficient (Wildman–Crippen LogP) is 1.75. The average molecular weight is 301 g/mol. The fourth-order valence-electron chi connectivity index (χ4n) is 3.17. The third-order valence-corrected chi connectivity index (χ3v) is 4.15. The topological polar surface area (TPSA) is 58.3 Å². The minimum absolute atomic E-state index is 0.281. The smallest absolute Gasteiger partial charge is 0.368 e. The quantitative estimate of drug-likeness (QED) is 0.856. The summed E-state index contributed by atoms with van der Waals surface area (Å²) in [6.45, 7) is 3.47. The summed E-state index contributed by atoms with van der Waals surface area (Å²) in [5.74, 6) is -0.0454. The molecule has 0 aliphatic carbocycles. The van der Waals surface area contributed by atoms with Crippen LogP contribution in [0.4, 0.5) is 24.9 Å². The first-order valence-corrected chi connectivity index (χ1v) is 7.14. The molecule has 0 aromatic carbocycles. The van der Waals surface area contributed by atoms with E-state index in [0.29, 0.717) is 19.1 Å². The zero-order valence-corrected chi connectivity index (χ0v) is 11.6. The Hall–Kier alpha value is -1.57. The van der Waals surface area contributed by atoms with Crippen molar-refractivity contribution in [2.75, 3.05) is 36.8 Å². The van der Waals surface area contributed by atoms with E-state index in [2.05, 4.69) is 14.9 Å². The molecule has 2 aliphatic rings. The van der Waals surface area contributed by atoms with Crippen molar-refractivity contribution < 1.29 is 13.2 Å². The van der Waals surface area contributed by atoms with E-state index in [1.807, 2.05) is 4.90 Å². The third kappa shape index (κ3) is 3.04. The van der Waals surface area contributed by atoms with Crippen LogP contribution < -0.4 is 10.6 Å². The van der Waals surface area contributed by atoms with Gasteiger partial charge in [-0.1, -0.05) is 0 Å². The molecule has 0 bridgehead atoms. The zero-order valence-electron chi connectivity index (χ0n) is 11.6. The first-order valence-electron chi connectivity index (χ1n) is 7.14. The van der Waals surface area contributed by atoms with Crippen LogP contribution in [0.2, 0.25) is 0 Å². The monoisotopic (exact) mass is 301 g/mol. The zero-order chi connectivity index (χ0) is 15.0. The maximum atomic E-state index is 12.8. The highest BCUT2D eigenvalue weighted by molar-refractivity contribution is 5.44. The molecule has 1 unspecified atom stereocenters. The van der Waals surface area contributed by atoms with Crippen molar-refractivity contribution in [2.24, 2.45) is 0 Å². The summed E-state index contributed by atoms with van der Waals surface area (Å²) in [6, 6.07) is 1.40. The maximum Gasteiger partial charge on any atom is 0.433 e. The van der Waals surface area contributed by atoms with Gasteiger partial charge in [-0.3, -0.25) is 4.90 Å². The molecule has 0 amide bonds. The van der Waals surface area contributed by atoms with Crippen molar-refractivity contribution in [2.45, 2.75) is 31.5 Å². The van der Waals surface area contributed by atoms with Crippen molar-refractivity contribution in [1.82, 2.24) is 14.9 Å². The molecule has 2 saturated heterocycles. The van der Waals surface area contributed by atoms with Gasteiger partial charge < -0.3 is 10.6 Å². The number of nitrogen functional groups attached to an aromatic ring is 1. The second-order valence-corrected chi connectivity index (χ2v) is 5.60. The van der Waals surface area contributed by atoms with E-state index in [0.717, 1.165) is 38.4 Å². The Labute approximate surface area is 120 Å². The molecule has 3 rings (SSSR count). The number of aromatic nitrogens is 2. The fourth-order valence-corrected chi connectivity index (χ4v) is 3.17. The highest BCUT2D eigenvalue weighted by Crippen LogP contribution is 2.31. The number of halogens is 3. The lowest BCUT2D eigenvalue weighted by Gasteiger charge is -2.26. The molecule has 1 aromatic rings. The van der Waals surface area contributed by atoms with Gasteiger partial charge in [-0.25, -0.2) is 4.98 Å². The molecule has 0 radical (unpaired) electrons. The number of hydrogen-bond donors (Lipinski definition) is 1. The Kier molecular flexibility index (Phi) is 3.64. The van der Waals surface area contributed by atoms with Gasteiger partial charge in [0.25, 0.3) is 0 Å². The van der Waals surface area contributed by atoms with Gasteiger partial charge in [0.05, 0.1) is 0 Å². The highest BCUT2D eigenvalue weighted by Gasteiger charge is 2.35. The first kappa shape index (κ1) is 14.4. The number of nitrogens with zero attached hydrogens (tertiary/aromatic N) is 4. The SMILES string of the molecule is Nc1nc(N2CCCN3CCCC3C2)cc(C(F)(F)F)n1. The minimum Gasteiger partial charge on any atom is -0.368 e. The van der Waals surface area contributed by atoms with Crippen molar-refractivity contribution in [3.63, 3.8) is 0 Å². The maximum absolute atomic E-state index is 12.8. The van der Waals surface area contributed by atoms with E-state index in [4.69, 9.17) is 5.73 Å². The molecule has 116 valence electrons. The number of anilines is 2. The van der Waals surface area contributed by atoms with E-state index >= 15 is 0 Å². The van der Waals surface area contributed by atoms with Crippen molar-refractivity contribution in [3.05, 3.63) is 11.8 Å². The summed E-state index contributed by atoms with van der Waals surface area (Å²) in [5, 5.41) is 0. The van der Waals surface area contributed by atoms with Crippen LogP contribution in [0.15, 0.2) is 6.07 Å². The summed E-state index contributed by atoms with van der Waals surface area (Å²) in [4.78, 5) is 11.6. The van der Waals surface area contributed by atoms with E-state index in [-0.39, 0.29) is 11.8 Å². The average Bonchev–Trinajstić information content (AvgIpc) is 2.74. The van der Waals surface area contributed by atoms with Gasteiger partial charge in [0, 0.05) is 31.7 Å². The van der Waals surface area contributed by atoms with Crippen LogP contribution in [-0.2, 0) is 6.18 Å². The lowest BCUT2D eigenvalue weighted by atomic mass is 10.2. The van der Waals surface area contributed by atoms with Crippen LogP contribution in [0.1, 0.15) is 25.0 Å². The Morgan fingerprint density at radius 3 is 2.67 bits per heavy atom. The normalized spacial score (nSPS) is 24.0. The second-order valence-electron chi connectivity index (χ2n) is 5.60. The van der Waals surface area contributed by atoms with Gasteiger partial charge in [0.2, 0.25) is 5.95 Å². The molecule has 0 saturated carbocycles. The molecule has 0 spiro atoms. The van der Waals surface area contributed by atoms with E-state index in [1.165, 1.54) is 0 Å². The molecule has 1 atom stereocenters. The predicted molar refractivity (Wildman–Crippen MR) is 72.9 cm³/mol. The van der Waals surface area contributed by atoms with Crippen LogP contribution in [0.5, 0.6) is 0 Å². The summed E-state index contributed by atoms with van der Waals surface area (Å²) < 4.78 is 38.5. The van der Waals surface area contributed by atoms with Crippen LogP contribution in [0.25, 0.3) is 0 Å². The van der Waals surface area contributed by atoms with Crippen molar-refractivity contribution >= 4 is 11.8 Å². The lowest BCUT2D eigenvalue weighted by Crippen LogP contribution is -2.37. The van der Waals surface area contributed by atoms with Gasteiger partial charge in [0.15, 0.2) is 5.69 Å². The van der Waals surface area contributed by atoms with Gasteiger partial charge in [0.1, 0.15) is 5.82 Å². The summed E-state index contributed by atoms with van der Waals surface area (Å²) in [7, 11) is 0. The van der Waals surface area contributed by atoms with E-state index < -0.39 is 11.9 Å². The molecular formula is C13H18F3N5. The Bertz CT molecular complexity index is 519. The molecule has 21 heavy (non-hydrogen) atoms. The largest absolute Gasteiger partial charge is 0.433 e. The molecule has 3 heterocycles. The molecular weight excluding hydrogens is 283 g/mol. The number of nitrogens with two attached hydrogens (primary N) is 1. The molecule has 1 aromatic heterocycles. The Balaban J connectivity index is 1.87. The van der Waals surface area contributed by atoms with Crippen molar-refractivity contribution in [3.8, 4) is 0 Å². The molecule has 5 nitrogen and oxygen atoms in total. The Morgan fingerprint density at radius 1 is 1.14 bits per heavy atom. The van der Waals surface area contributed by atoms with Gasteiger partial charge in [-0.15, -0.1) is 0 Å². The van der Waals surface area contributed by atoms with Crippen LogP contribution in [0.3, 0.4) is 0 Å². The number of fused-ring (bicyclic) bond motifs is 1.